The van der Waals surface area contributed by atoms with Crippen molar-refractivity contribution in [3.8, 4) is 0 Å². The van der Waals surface area contributed by atoms with Gasteiger partial charge in [0.1, 0.15) is 11.6 Å². The number of nitrogens with zero attached hydrogens (tertiary/aromatic N) is 3. The van der Waals surface area contributed by atoms with Crippen LogP contribution in [0, 0.1) is 0 Å². The number of carbonyl (C=O) groups is 5. The van der Waals surface area contributed by atoms with Crippen LogP contribution in [0.15, 0.2) is 42.7 Å². The normalized spacial score (nSPS) is 17.5. The number of aromatic nitrogens is 1. The van der Waals surface area contributed by atoms with Crippen LogP contribution in [-0.2, 0) is 27.5 Å². The zero-order valence-electron chi connectivity index (χ0n) is 18.3. The van der Waals surface area contributed by atoms with Gasteiger partial charge in [-0.3, -0.25) is 29.3 Å². The second-order valence-corrected chi connectivity index (χ2v) is 8.24. The van der Waals surface area contributed by atoms with Crippen molar-refractivity contribution in [3.05, 3.63) is 59.4 Å². The third kappa shape index (κ3) is 4.45. The van der Waals surface area contributed by atoms with Crippen LogP contribution in [0.25, 0.3) is 0 Å². The van der Waals surface area contributed by atoms with E-state index in [1.54, 1.807) is 61.4 Å². The van der Waals surface area contributed by atoms with Crippen molar-refractivity contribution < 1.29 is 28.5 Å². The number of hydrogen-bond acceptors (Lipinski definition) is 5. The summed E-state index contributed by atoms with van der Waals surface area (Å²) in [5.74, 6) is -1.63. The standard InChI is InChI=1S/C23H23N5O5/c1-26(2)22(32)14-5-4-10-27(11-14)13-20(30)24-17-7-3-6-15-16(17)12-28(23(15)33)18-8-9-19(29)25-21(18)31/h3-7,10-11,18H,8-9,12-13H2,1-2H3,(H-,24,25,29,30,31)/p+1. The van der Waals surface area contributed by atoms with E-state index in [4.69, 9.17) is 0 Å². The summed E-state index contributed by atoms with van der Waals surface area (Å²) < 4.78 is 1.61. The summed E-state index contributed by atoms with van der Waals surface area (Å²) >= 11 is 0. The van der Waals surface area contributed by atoms with Gasteiger partial charge < -0.3 is 15.1 Å². The highest BCUT2D eigenvalue weighted by Gasteiger charge is 2.40. The Labute approximate surface area is 190 Å². The molecule has 1 fully saturated rings. The third-order valence-corrected chi connectivity index (χ3v) is 5.69. The van der Waals surface area contributed by atoms with Crippen LogP contribution in [0.1, 0.15) is 39.1 Å². The molecule has 1 aromatic carbocycles. The summed E-state index contributed by atoms with van der Waals surface area (Å²) in [6.07, 6.45) is 3.73. The largest absolute Gasteiger partial charge is 0.345 e. The van der Waals surface area contributed by atoms with E-state index in [-0.39, 0.29) is 49.6 Å². The van der Waals surface area contributed by atoms with Gasteiger partial charge in [-0.1, -0.05) is 6.07 Å². The number of carbonyl (C=O) groups excluding carboxylic acids is 5. The minimum atomic E-state index is -0.723. The van der Waals surface area contributed by atoms with Gasteiger partial charge in [-0.05, 0) is 24.6 Å². The smallest absolute Gasteiger partial charge is 0.290 e. The number of benzene rings is 1. The molecule has 10 nitrogen and oxygen atoms in total. The second-order valence-electron chi connectivity index (χ2n) is 8.24. The molecule has 5 amide bonds. The summed E-state index contributed by atoms with van der Waals surface area (Å²) in [5.41, 5.74) is 1.99. The molecule has 0 aliphatic carbocycles. The van der Waals surface area contributed by atoms with Gasteiger partial charge in [0.25, 0.3) is 17.7 Å². The van der Waals surface area contributed by atoms with Gasteiger partial charge in [-0.15, -0.1) is 0 Å². The Bertz CT molecular complexity index is 1180. The van der Waals surface area contributed by atoms with E-state index in [0.29, 0.717) is 22.4 Å². The summed E-state index contributed by atoms with van der Waals surface area (Å²) in [6.45, 7) is 0.139. The minimum Gasteiger partial charge on any atom is -0.345 e. The van der Waals surface area contributed by atoms with E-state index in [0.717, 1.165) is 0 Å². The Balaban J connectivity index is 1.49. The number of nitrogens with one attached hydrogen (secondary N) is 2. The average Bonchev–Trinajstić information content (AvgIpc) is 3.10. The van der Waals surface area contributed by atoms with Gasteiger partial charge in [0, 0.05) is 49.9 Å². The first-order valence-electron chi connectivity index (χ1n) is 10.5. The maximum Gasteiger partial charge on any atom is 0.290 e. The van der Waals surface area contributed by atoms with Gasteiger partial charge in [0.05, 0.1) is 0 Å². The predicted molar refractivity (Wildman–Crippen MR) is 116 cm³/mol. The monoisotopic (exact) mass is 450 g/mol. The lowest BCUT2D eigenvalue weighted by Gasteiger charge is -2.29. The molecule has 0 saturated carbocycles. The summed E-state index contributed by atoms with van der Waals surface area (Å²) in [5, 5.41) is 5.11. The molecule has 3 heterocycles. The first-order valence-corrected chi connectivity index (χ1v) is 10.5. The number of rotatable bonds is 5. The van der Waals surface area contributed by atoms with Crippen LogP contribution in [0.3, 0.4) is 0 Å². The molecule has 10 heteroatoms. The minimum absolute atomic E-state index is 0.0248. The number of fused-ring (bicyclic) bond motifs is 1. The number of piperidine rings is 1. The van der Waals surface area contributed by atoms with Crippen LogP contribution in [0.5, 0.6) is 0 Å². The van der Waals surface area contributed by atoms with Crippen molar-refractivity contribution in [2.45, 2.75) is 32.0 Å². The molecule has 0 radical (unpaired) electrons. The first-order chi connectivity index (χ1) is 15.7. The van der Waals surface area contributed by atoms with E-state index >= 15 is 0 Å². The highest BCUT2D eigenvalue weighted by atomic mass is 16.2. The van der Waals surface area contributed by atoms with Crippen LogP contribution < -0.4 is 15.2 Å². The Morgan fingerprint density at radius 2 is 1.97 bits per heavy atom. The molecular formula is C23H24N5O5+. The number of anilines is 1. The molecule has 1 saturated heterocycles. The molecular weight excluding hydrogens is 426 g/mol. The summed E-state index contributed by atoms with van der Waals surface area (Å²) in [7, 11) is 3.31. The zero-order valence-corrected chi connectivity index (χ0v) is 18.3. The van der Waals surface area contributed by atoms with Gasteiger partial charge in [0.2, 0.25) is 18.4 Å². The molecule has 1 unspecified atom stereocenters. The fraction of sp³-hybridized carbons (Fsp3) is 0.304. The van der Waals surface area contributed by atoms with Crippen LogP contribution in [0.2, 0.25) is 0 Å². The molecule has 2 aliphatic rings. The van der Waals surface area contributed by atoms with E-state index in [1.807, 2.05) is 0 Å². The van der Waals surface area contributed by atoms with Crippen molar-refractivity contribution in [2.75, 3.05) is 19.4 Å². The lowest BCUT2D eigenvalue weighted by molar-refractivity contribution is -0.684. The molecule has 4 rings (SSSR count). The molecule has 2 N–H and O–H groups in total. The maximum absolute atomic E-state index is 12.9. The van der Waals surface area contributed by atoms with Crippen molar-refractivity contribution in [3.63, 3.8) is 0 Å². The number of pyridine rings is 1. The lowest BCUT2D eigenvalue weighted by Crippen LogP contribution is -2.52. The quantitative estimate of drug-likeness (QED) is 0.494. The van der Waals surface area contributed by atoms with Crippen molar-refractivity contribution >= 4 is 35.2 Å². The second kappa shape index (κ2) is 8.81. The Kier molecular flexibility index (Phi) is 5.91. The Morgan fingerprint density at radius 3 is 2.70 bits per heavy atom. The third-order valence-electron chi connectivity index (χ3n) is 5.69. The van der Waals surface area contributed by atoms with Gasteiger partial charge in [-0.2, -0.15) is 4.57 Å². The van der Waals surface area contributed by atoms with Crippen LogP contribution in [-0.4, -0.2) is 59.5 Å². The molecule has 2 aliphatic heterocycles. The number of hydrogen-bond donors (Lipinski definition) is 2. The summed E-state index contributed by atoms with van der Waals surface area (Å²) in [6, 6.07) is 7.68. The Hall–Kier alpha value is -4.08. The first kappa shape index (κ1) is 22.1. The molecule has 0 spiro atoms. The zero-order chi connectivity index (χ0) is 23.7. The van der Waals surface area contributed by atoms with Crippen LogP contribution >= 0.6 is 0 Å². The van der Waals surface area contributed by atoms with Crippen molar-refractivity contribution in [1.82, 2.24) is 15.1 Å². The maximum atomic E-state index is 12.9. The number of imide groups is 1. The predicted octanol–water partition coefficient (Wildman–Crippen LogP) is 0.0756. The average molecular weight is 450 g/mol. The number of amides is 5. The van der Waals surface area contributed by atoms with Crippen molar-refractivity contribution in [2.24, 2.45) is 0 Å². The fourth-order valence-corrected chi connectivity index (χ4v) is 4.06. The summed E-state index contributed by atoms with van der Waals surface area (Å²) in [4.78, 5) is 64.4. The Morgan fingerprint density at radius 1 is 1.18 bits per heavy atom. The fourth-order valence-electron chi connectivity index (χ4n) is 4.06. The van der Waals surface area contributed by atoms with Crippen molar-refractivity contribution in [1.29, 1.82) is 0 Å². The van der Waals surface area contributed by atoms with Gasteiger partial charge >= 0.3 is 0 Å². The molecule has 0 bridgehead atoms. The molecule has 2 aromatic rings. The highest BCUT2D eigenvalue weighted by molar-refractivity contribution is 6.06. The van der Waals surface area contributed by atoms with E-state index in [9.17, 15) is 24.0 Å². The topological polar surface area (TPSA) is 120 Å². The highest BCUT2D eigenvalue weighted by Crippen LogP contribution is 2.32. The van der Waals surface area contributed by atoms with E-state index in [1.165, 1.54) is 9.80 Å². The molecule has 170 valence electrons. The lowest BCUT2D eigenvalue weighted by atomic mass is 10.0. The molecule has 1 atom stereocenters. The molecule has 1 aromatic heterocycles. The van der Waals surface area contributed by atoms with E-state index in [2.05, 4.69) is 10.6 Å². The van der Waals surface area contributed by atoms with Gasteiger partial charge in [0.15, 0.2) is 12.4 Å². The van der Waals surface area contributed by atoms with Crippen LogP contribution in [0.4, 0.5) is 5.69 Å². The van der Waals surface area contributed by atoms with E-state index < -0.39 is 11.9 Å². The SMILES string of the molecule is CN(C)C(=O)c1ccc[n+](CC(=O)Nc2cccc3c2CN(C2CCC(=O)NC2=O)C3=O)c1. The molecule has 33 heavy (non-hydrogen) atoms. The van der Waals surface area contributed by atoms with Gasteiger partial charge in [-0.25, -0.2) is 0 Å².